The van der Waals surface area contributed by atoms with E-state index >= 15 is 0 Å². The summed E-state index contributed by atoms with van der Waals surface area (Å²) in [5, 5.41) is 11.6. The fourth-order valence-corrected chi connectivity index (χ4v) is 4.20. The van der Waals surface area contributed by atoms with Crippen molar-refractivity contribution < 1.29 is 9.90 Å². The number of carbonyl (C=O) groups excluding carboxylic acids is 1. The summed E-state index contributed by atoms with van der Waals surface area (Å²) in [5.41, 5.74) is 3.61. The molecule has 1 unspecified atom stereocenters. The van der Waals surface area contributed by atoms with Crippen LogP contribution in [0, 0.1) is 0 Å². The van der Waals surface area contributed by atoms with E-state index in [9.17, 15) is 9.90 Å². The Morgan fingerprint density at radius 1 is 1.00 bits per heavy atom. The molecule has 1 amide bonds. The monoisotopic (exact) mass is 411 g/mol. The van der Waals surface area contributed by atoms with Crippen LogP contribution in [0.4, 0.5) is 0 Å². The molecule has 1 aliphatic rings. The summed E-state index contributed by atoms with van der Waals surface area (Å²) in [4.78, 5) is 15.1. The average Bonchev–Trinajstić information content (AvgIpc) is 2.70. The second-order valence-electron chi connectivity index (χ2n) is 6.91. The Balaban J connectivity index is 1.76. The van der Waals surface area contributed by atoms with E-state index < -0.39 is 6.04 Å². The van der Waals surface area contributed by atoms with E-state index in [1.165, 1.54) is 5.56 Å². The zero-order valence-electron chi connectivity index (χ0n) is 15.1. The number of fused-ring (bicyclic) bond motifs is 1. The summed E-state index contributed by atoms with van der Waals surface area (Å²) in [6.07, 6.45) is 0.974. The van der Waals surface area contributed by atoms with Crippen LogP contribution < -0.4 is 0 Å². The Morgan fingerprint density at radius 3 is 2.57 bits per heavy atom. The first kappa shape index (κ1) is 18.9. The Hall–Kier alpha value is -2.49. The number of hydrogen-bond donors (Lipinski definition) is 1. The predicted octanol–water partition coefficient (Wildman–Crippen LogP) is 5.42. The molecule has 0 saturated carbocycles. The third-order valence-electron chi connectivity index (χ3n) is 5.19. The SMILES string of the molecule is O=C(Cc1ccccc1Cl)N1CCc2ccccc2C1c1cc(Cl)ccc1O. The van der Waals surface area contributed by atoms with Crippen molar-refractivity contribution >= 4 is 29.1 Å². The zero-order valence-corrected chi connectivity index (χ0v) is 16.6. The number of carbonyl (C=O) groups is 1. The number of nitrogens with zero attached hydrogens (tertiary/aromatic N) is 1. The van der Waals surface area contributed by atoms with E-state index in [-0.39, 0.29) is 18.1 Å². The molecule has 5 heteroatoms. The van der Waals surface area contributed by atoms with Gasteiger partial charge in [0.05, 0.1) is 12.5 Å². The lowest BCUT2D eigenvalue weighted by Gasteiger charge is -2.38. The van der Waals surface area contributed by atoms with Crippen LogP contribution in [0.15, 0.2) is 66.7 Å². The van der Waals surface area contributed by atoms with Crippen molar-refractivity contribution in [3.63, 3.8) is 0 Å². The van der Waals surface area contributed by atoms with E-state index in [1.54, 1.807) is 24.3 Å². The molecule has 1 aliphatic heterocycles. The third kappa shape index (κ3) is 3.60. The van der Waals surface area contributed by atoms with E-state index in [0.29, 0.717) is 22.2 Å². The number of hydrogen-bond acceptors (Lipinski definition) is 2. The number of rotatable bonds is 3. The van der Waals surface area contributed by atoms with Gasteiger partial charge in [-0.25, -0.2) is 0 Å². The molecule has 0 saturated heterocycles. The largest absolute Gasteiger partial charge is 0.508 e. The van der Waals surface area contributed by atoms with Crippen LogP contribution in [0.1, 0.15) is 28.3 Å². The lowest BCUT2D eigenvalue weighted by Crippen LogP contribution is -2.41. The van der Waals surface area contributed by atoms with Crippen molar-refractivity contribution in [1.82, 2.24) is 4.90 Å². The Morgan fingerprint density at radius 2 is 1.75 bits per heavy atom. The van der Waals surface area contributed by atoms with Gasteiger partial charge in [0.2, 0.25) is 5.91 Å². The molecule has 28 heavy (non-hydrogen) atoms. The molecule has 3 nitrogen and oxygen atoms in total. The van der Waals surface area contributed by atoms with Crippen LogP contribution >= 0.6 is 23.2 Å². The van der Waals surface area contributed by atoms with Crippen molar-refractivity contribution in [3.8, 4) is 5.75 Å². The lowest BCUT2D eigenvalue weighted by molar-refractivity contribution is -0.132. The first-order valence-electron chi connectivity index (χ1n) is 9.13. The summed E-state index contributed by atoms with van der Waals surface area (Å²) >= 11 is 12.5. The maximum absolute atomic E-state index is 13.3. The highest BCUT2D eigenvalue weighted by Crippen LogP contribution is 2.40. The van der Waals surface area contributed by atoms with Gasteiger partial charge in [-0.3, -0.25) is 4.79 Å². The van der Waals surface area contributed by atoms with Gasteiger partial charge in [-0.05, 0) is 47.4 Å². The lowest BCUT2D eigenvalue weighted by atomic mass is 9.87. The van der Waals surface area contributed by atoms with Crippen LogP contribution in [0.5, 0.6) is 5.75 Å². The third-order valence-corrected chi connectivity index (χ3v) is 5.79. The van der Waals surface area contributed by atoms with Gasteiger partial charge in [0.15, 0.2) is 0 Å². The number of phenols is 1. The van der Waals surface area contributed by atoms with Crippen LogP contribution in [-0.4, -0.2) is 22.5 Å². The van der Waals surface area contributed by atoms with Crippen molar-refractivity contribution in [1.29, 1.82) is 0 Å². The maximum Gasteiger partial charge on any atom is 0.227 e. The van der Waals surface area contributed by atoms with Gasteiger partial charge in [-0.2, -0.15) is 0 Å². The molecule has 0 fully saturated rings. The van der Waals surface area contributed by atoms with Crippen LogP contribution in [0.25, 0.3) is 0 Å². The van der Waals surface area contributed by atoms with E-state index in [4.69, 9.17) is 23.2 Å². The topological polar surface area (TPSA) is 40.5 Å². The standard InChI is InChI=1S/C23H19Cl2NO2/c24-17-9-10-21(27)19(14-17)23-18-7-3-1-5-15(18)11-12-26(23)22(28)13-16-6-2-4-8-20(16)25/h1-10,14,23,27H,11-13H2. The number of aromatic hydroxyl groups is 1. The van der Waals surface area contributed by atoms with Crippen molar-refractivity contribution in [3.05, 3.63) is 99.0 Å². The van der Waals surface area contributed by atoms with Gasteiger partial charge < -0.3 is 10.0 Å². The van der Waals surface area contributed by atoms with E-state index in [1.807, 2.05) is 41.3 Å². The second-order valence-corrected chi connectivity index (χ2v) is 7.75. The van der Waals surface area contributed by atoms with Gasteiger partial charge in [0.1, 0.15) is 5.75 Å². The van der Waals surface area contributed by atoms with Gasteiger partial charge in [-0.1, -0.05) is 65.7 Å². The first-order valence-corrected chi connectivity index (χ1v) is 9.89. The van der Waals surface area contributed by atoms with Gasteiger partial charge in [0, 0.05) is 22.2 Å². The summed E-state index contributed by atoms with van der Waals surface area (Å²) in [5.74, 6) is 0.0913. The Labute approximate surface area is 174 Å². The molecule has 1 N–H and O–H groups in total. The zero-order chi connectivity index (χ0) is 19.7. The van der Waals surface area contributed by atoms with Gasteiger partial charge in [-0.15, -0.1) is 0 Å². The number of phenolic OH excluding ortho intramolecular Hbond substituents is 1. The molecule has 142 valence electrons. The van der Waals surface area contributed by atoms with Gasteiger partial charge >= 0.3 is 0 Å². The number of benzene rings is 3. The molecule has 3 aromatic carbocycles. The molecule has 3 aromatic rings. The van der Waals surface area contributed by atoms with Crippen molar-refractivity contribution in [2.45, 2.75) is 18.9 Å². The molecule has 1 heterocycles. The summed E-state index contributed by atoms with van der Waals surface area (Å²) < 4.78 is 0. The fourth-order valence-electron chi connectivity index (χ4n) is 3.82. The van der Waals surface area contributed by atoms with Crippen LogP contribution in [-0.2, 0) is 17.6 Å². The molecule has 0 radical (unpaired) electrons. The smallest absolute Gasteiger partial charge is 0.227 e. The highest BCUT2D eigenvalue weighted by molar-refractivity contribution is 6.31. The average molecular weight is 412 g/mol. The van der Waals surface area contributed by atoms with E-state index in [0.717, 1.165) is 17.5 Å². The van der Waals surface area contributed by atoms with Crippen LogP contribution in [0.3, 0.4) is 0 Å². The molecule has 0 spiro atoms. The Bertz CT molecular complexity index is 1030. The molecular weight excluding hydrogens is 393 g/mol. The predicted molar refractivity (Wildman–Crippen MR) is 112 cm³/mol. The fraction of sp³-hybridized carbons (Fsp3) is 0.174. The number of halogens is 2. The molecule has 1 atom stereocenters. The number of amides is 1. The van der Waals surface area contributed by atoms with Crippen molar-refractivity contribution in [2.24, 2.45) is 0 Å². The van der Waals surface area contributed by atoms with Gasteiger partial charge in [0.25, 0.3) is 0 Å². The molecule has 0 aliphatic carbocycles. The van der Waals surface area contributed by atoms with Crippen LogP contribution in [0.2, 0.25) is 10.0 Å². The highest BCUT2D eigenvalue weighted by Gasteiger charge is 2.33. The summed E-state index contributed by atoms with van der Waals surface area (Å²) in [6, 6.07) is 20.0. The minimum atomic E-state index is -0.390. The first-order chi connectivity index (χ1) is 13.5. The summed E-state index contributed by atoms with van der Waals surface area (Å²) in [6.45, 7) is 0.566. The molecule has 0 bridgehead atoms. The molecular formula is C23H19Cl2NO2. The van der Waals surface area contributed by atoms with Crippen molar-refractivity contribution in [2.75, 3.05) is 6.54 Å². The molecule has 4 rings (SSSR count). The summed E-state index contributed by atoms with van der Waals surface area (Å²) in [7, 11) is 0. The normalized spacial score (nSPS) is 15.9. The molecule has 0 aromatic heterocycles. The minimum Gasteiger partial charge on any atom is -0.508 e. The Kier molecular flexibility index (Phi) is 5.29. The maximum atomic E-state index is 13.3. The minimum absolute atomic E-state index is 0.0352. The highest BCUT2D eigenvalue weighted by atomic mass is 35.5. The van der Waals surface area contributed by atoms with E-state index in [2.05, 4.69) is 6.07 Å². The quantitative estimate of drug-likeness (QED) is 0.625. The second kappa shape index (κ2) is 7.86.